The first-order valence-corrected chi connectivity index (χ1v) is 19.2. The summed E-state index contributed by atoms with van der Waals surface area (Å²) in [7, 11) is 0. The number of benzene rings is 6. The van der Waals surface area contributed by atoms with Crippen LogP contribution in [0.4, 0.5) is 22.7 Å². The highest BCUT2D eigenvalue weighted by molar-refractivity contribution is 5.97. The van der Waals surface area contributed by atoms with Gasteiger partial charge in [0.05, 0.1) is 5.41 Å². The Kier molecular flexibility index (Phi) is 7.68. The van der Waals surface area contributed by atoms with Crippen LogP contribution in [-0.2, 0) is 16.2 Å². The molecule has 2 heteroatoms. The van der Waals surface area contributed by atoms with E-state index in [-0.39, 0.29) is 10.8 Å². The summed E-state index contributed by atoms with van der Waals surface area (Å²) < 4.78 is 0. The molecule has 3 aliphatic rings. The second-order valence-electron chi connectivity index (χ2n) is 17.0. The Morgan fingerprint density at radius 1 is 0.491 bits per heavy atom. The zero-order valence-corrected chi connectivity index (χ0v) is 31.8. The predicted molar refractivity (Wildman–Crippen MR) is 225 cm³/mol. The van der Waals surface area contributed by atoms with E-state index < -0.39 is 5.41 Å². The van der Waals surface area contributed by atoms with Crippen molar-refractivity contribution in [3.63, 3.8) is 0 Å². The molecule has 53 heavy (non-hydrogen) atoms. The Bertz CT molecular complexity index is 2370. The molecule has 0 saturated carbocycles. The minimum atomic E-state index is -0.513. The monoisotopic (exact) mass is 688 g/mol. The average molecular weight is 689 g/mol. The highest BCUT2D eigenvalue weighted by Gasteiger charge is 2.52. The van der Waals surface area contributed by atoms with Gasteiger partial charge in [-0.25, -0.2) is 0 Å². The first-order chi connectivity index (χ1) is 25.5. The molecular formula is C51H48N2. The van der Waals surface area contributed by atoms with Gasteiger partial charge in [0.1, 0.15) is 0 Å². The lowest BCUT2D eigenvalue weighted by Gasteiger charge is -2.34. The maximum atomic E-state index is 3.76. The van der Waals surface area contributed by atoms with Gasteiger partial charge in [-0.2, -0.15) is 0 Å². The van der Waals surface area contributed by atoms with Crippen LogP contribution < -0.4 is 10.2 Å². The van der Waals surface area contributed by atoms with Gasteiger partial charge in [0.25, 0.3) is 0 Å². The third-order valence-electron chi connectivity index (χ3n) is 11.6. The summed E-state index contributed by atoms with van der Waals surface area (Å²) >= 11 is 0. The Hall–Kier alpha value is -5.60. The van der Waals surface area contributed by atoms with Crippen molar-refractivity contribution in [3.05, 3.63) is 191 Å². The van der Waals surface area contributed by atoms with Gasteiger partial charge in [-0.3, -0.25) is 0 Å². The first-order valence-electron chi connectivity index (χ1n) is 19.2. The van der Waals surface area contributed by atoms with Crippen LogP contribution in [0.25, 0.3) is 22.3 Å². The van der Waals surface area contributed by atoms with Gasteiger partial charge in [0.2, 0.25) is 0 Å². The van der Waals surface area contributed by atoms with E-state index in [0.717, 1.165) is 24.2 Å². The van der Waals surface area contributed by atoms with Crippen LogP contribution in [0.3, 0.4) is 0 Å². The number of hydrogen-bond donors (Lipinski definition) is 1. The molecule has 0 heterocycles. The van der Waals surface area contributed by atoms with Gasteiger partial charge in [-0.15, -0.1) is 0 Å². The number of allylic oxidation sites excluding steroid dienone is 3. The van der Waals surface area contributed by atoms with E-state index in [2.05, 4.69) is 203 Å². The molecule has 0 aromatic heterocycles. The van der Waals surface area contributed by atoms with Gasteiger partial charge in [0.15, 0.2) is 0 Å². The molecule has 262 valence electrons. The molecule has 1 N–H and O–H groups in total. The molecule has 1 spiro atoms. The zero-order chi connectivity index (χ0) is 36.5. The maximum Gasteiger partial charge on any atom is 0.0727 e. The number of anilines is 4. The van der Waals surface area contributed by atoms with E-state index in [1.165, 1.54) is 72.7 Å². The quantitative estimate of drug-likeness (QED) is 0.194. The summed E-state index contributed by atoms with van der Waals surface area (Å²) in [5, 5.41) is 3.76. The molecular weight excluding hydrogens is 641 g/mol. The number of nitrogens with zero attached hydrogens (tertiary/aromatic N) is 1. The third kappa shape index (κ3) is 5.38. The van der Waals surface area contributed by atoms with Gasteiger partial charge in [-0.05, 0) is 134 Å². The molecule has 6 aromatic rings. The fourth-order valence-corrected chi connectivity index (χ4v) is 8.84. The van der Waals surface area contributed by atoms with Crippen LogP contribution in [-0.4, -0.2) is 0 Å². The second kappa shape index (κ2) is 12.2. The number of nitrogens with one attached hydrogen (secondary N) is 1. The van der Waals surface area contributed by atoms with Gasteiger partial charge in [-0.1, -0.05) is 139 Å². The molecule has 0 amide bonds. The highest BCUT2D eigenvalue weighted by Crippen LogP contribution is 2.64. The van der Waals surface area contributed by atoms with Crippen LogP contribution >= 0.6 is 0 Å². The van der Waals surface area contributed by atoms with Crippen molar-refractivity contribution in [1.29, 1.82) is 0 Å². The van der Waals surface area contributed by atoms with E-state index in [1.54, 1.807) is 0 Å². The predicted octanol–water partition coefficient (Wildman–Crippen LogP) is 13.7. The lowest BCUT2D eigenvalue weighted by atomic mass is 9.68. The first kappa shape index (κ1) is 33.3. The van der Waals surface area contributed by atoms with Crippen molar-refractivity contribution < 1.29 is 0 Å². The number of para-hydroxylation sites is 2. The smallest absolute Gasteiger partial charge is 0.0727 e. The van der Waals surface area contributed by atoms with E-state index in [9.17, 15) is 0 Å². The highest BCUT2D eigenvalue weighted by atomic mass is 15.1. The largest absolute Gasteiger partial charge is 0.356 e. The average Bonchev–Trinajstić information content (AvgIpc) is 3.61. The van der Waals surface area contributed by atoms with Crippen molar-refractivity contribution in [3.8, 4) is 22.3 Å². The molecule has 0 bridgehead atoms. The Morgan fingerprint density at radius 3 is 1.58 bits per heavy atom. The number of hydrogen-bond acceptors (Lipinski definition) is 2. The molecule has 9 rings (SSSR count). The lowest BCUT2D eigenvalue weighted by molar-refractivity contribution is 0.586. The molecule has 2 nitrogen and oxygen atoms in total. The van der Waals surface area contributed by atoms with Crippen molar-refractivity contribution in [1.82, 2.24) is 0 Å². The van der Waals surface area contributed by atoms with Crippen molar-refractivity contribution in [2.75, 3.05) is 10.2 Å². The number of fused-ring (bicyclic) bond motifs is 10. The molecule has 6 aromatic carbocycles. The SMILES string of the molecule is CC(C)(C)c1ccc2c(c1)C1(c3cc(Nc4ccccc4)ccc3-c3ccc(N(C4=CCCC=C4)c4ccccc4)cc31)c1cc(C(C)(C)C)ccc1-2. The minimum absolute atomic E-state index is 0.00566. The Labute approximate surface area is 315 Å². The van der Waals surface area contributed by atoms with Crippen LogP contribution in [0.2, 0.25) is 0 Å². The summed E-state index contributed by atoms with van der Waals surface area (Å²) in [4.78, 5) is 2.45. The summed E-state index contributed by atoms with van der Waals surface area (Å²) in [5.41, 5.74) is 18.6. The minimum Gasteiger partial charge on any atom is -0.356 e. The van der Waals surface area contributed by atoms with Crippen molar-refractivity contribution in [2.45, 2.75) is 70.6 Å². The number of rotatable bonds is 5. The normalized spacial score (nSPS) is 15.0. The Morgan fingerprint density at radius 2 is 1.02 bits per heavy atom. The van der Waals surface area contributed by atoms with Gasteiger partial charge in [0, 0.05) is 28.4 Å². The molecule has 0 atom stereocenters. The van der Waals surface area contributed by atoms with Gasteiger partial charge >= 0.3 is 0 Å². The molecule has 0 saturated heterocycles. The summed E-state index contributed by atoms with van der Waals surface area (Å²) in [5.74, 6) is 0. The summed E-state index contributed by atoms with van der Waals surface area (Å²) in [6.07, 6.45) is 9.11. The third-order valence-corrected chi connectivity index (χ3v) is 11.6. The van der Waals surface area contributed by atoms with Gasteiger partial charge < -0.3 is 10.2 Å². The molecule has 0 unspecified atom stereocenters. The van der Waals surface area contributed by atoms with Crippen LogP contribution in [0.5, 0.6) is 0 Å². The lowest BCUT2D eigenvalue weighted by Crippen LogP contribution is -2.28. The maximum absolute atomic E-state index is 3.76. The van der Waals surface area contributed by atoms with E-state index in [4.69, 9.17) is 0 Å². The van der Waals surface area contributed by atoms with Crippen LogP contribution in [0.1, 0.15) is 87.8 Å². The van der Waals surface area contributed by atoms with Crippen molar-refractivity contribution >= 4 is 22.7 Å². The summed E-state index contributed by atoms with van der Waals surface area (Å²) in [6, 6.07) is 50.3. The molecule has 3 aliphatic carbocycles. The molecule has 0 aliphatic heterocycles. The van der Waals surface area contributed by atoms with E-state index in [1.807, 2.05) is 0 Å². The van der Waals surface area contributed by atoms with E-state index >= 15 is 0 Å². The van der Waals surface area contributed by atoms with E-state index in [0.29, 0.717) is 0 Å². The van der Waals surface area contributed by atoms with Crippen LogP contribution in [0, 0.1) is 0 Å². The fraction of sp³-hybridized carbons (Fsp3) is 0.216. The fourth-order valence-electron chi connectivity index (χ4n) is 8.84. The molecule has 0 radical (unpaired) electrons. The Balaban J connectivity index is 1.37. The zero-order valence-electron chi connectivity index (χ0n) is 31.8. The van der Waals surface area contributed by atoms with Crippen molar-refractivity contribution in [2.24, 2.45) is 0 Å². The van der Waals surface area contributed by atoms with Crippen LogP contribution in [0.15, 0.2) is 157 Å². The molecule has 0 fully saturated rings. The summed E-state index contributed by atoms with van der Waals surface area (Å²) in [6.45, 7) is 14.0. The topological polar surface area (TPSA) is 15.3 Å². The standard InChI is InChI=1S/C51H48N2/c1-49(2,3)34-22-26-41-42-27-23-35(50(4,5)6)31-46(42)51(45(41)30-34)47-32-37(52-36-16-10-7-11-17-36)24-28-43(47)44-29-25-40(33-48(44)51)53(38-18-12-8-13-19-38)39-20-14-9-15-21-39/h7-8,10-14,16-33,52H,9,15H2,1-6H3. The second-order valence-corrected chi connectivity index (χ2v) is 17.0.